The molecule has 2 rings (SSSR count). The van der Waals surface area contributed by atoms with Gasteiger partial charge in [-0.15, -0.1) is 0 Å². The molecule has 134 valence electrons. The maximum absolute atomic E-state index is 12.5. The highest BCUT2D eigenvalue weighted by molar-refractivity contribution is 8.18. The molecule has 0 spiro atoms. The molecule has 1 aliphatic rings. The van der Waals surface area contributed by atoms with Gasteiger partial charge in [-0.1, -0.05) is 11.6 Å². The van der Waals surface area contributed by atoms with Gasteiger partial charge in [-0.25, -0.2) is 4.79 Å². The number of halogens is 1. The Morgan fingerprint density at radius 1 is 1.44 bits per heavy atom. The van der Waals surface area contributed by atoms with Crippen molar-refractivity contribution in [2.45, 2.75) is 19.9 Å². The highest BCUT2D eigenvalue weighted by Gasteiger charge is 2.41. The summed E-state index contributed by atoms with van der Waals surface area (Å²) in [6.07, 6.45) is 1.33. The van der Waals surface area contributed by atoms with Gasteiger partial charge < -0.3 is 14.6 Å². The largest absolute Gasteiger partial charge is 0.504 e. The van der Waals surface area contributed by atoms with Gasteiger partial charge in [0.1, 0.15) is 6.04 Å². The first kappa shape index (κ1) is 19.1. The van der Waals surface area contributed by atoms with Gasteiger partial charge >= 0.3 is 5.97 Å². The molecule has 1 heterocycles. The average Bonchev–Trinajstić information content (AvgIpc) is 2.84. The van der Waals surface area contributed by atoms with Crippen molar-refractivity contribution in [1.82, 2.24) is 4.90 Å². The minimum Gasteiger partial charge on any atom is -0.504 e. The molecule has 1 saturated heterocycles. The first-order chi connectivity index (χ1) is 11.8. The van der Waals surface area contributed by atoms with E-state index in [0.29, 0.717) is 16.8 Å². The Labute approximate surface area is 153 Å². The Bertz CT molecular complexity index is 763. The molecule has 1 N–H and O–H groups in total. The van der Waals surface area contributed by atoms with Crippen LogP contribution in [0, 0.1) is 0 Å². The van der Waals surface area contributed by atoms with Crippen LogP contribution in [-0.2, 0) is 14.3 Å². The third-order valence-electron chi connectivity index (χ3n) is 3.41. The molecule has 2 amide bonds. The molecule has 0 bridgehead atoms. The number of carbonyl (C=O) groups excluding carboxylic acids is 3. The second-order valence-electron chi connectivity index (χ2n) is 5.03. The number of esters is 1. The molecule has 1 fully saturated rings. The number of aromatic hydroxyl groups is 1. The van der Waals surface area contributed by atoms with E-state index in [9.17, 15) is 19.5 Å². The van der Waals surface area contributed by atoms with Gasteiger partial charge in [0.25, 0.3) is 11.1 Å². The van der Waals surface area contributed by atoms with E-state index < -0.39 is 23.2 Å². The van der Waals surface area contributed by atoms with Crippen LogP contribution < -0.4 is 4.74 Å². The molecular formula is C16H16ClNO6S. The Hall–Kier alpha value is -2.19. The highest BCUT2D eigenvalue weighted by atomic mass is 35.5. The number of carbonyl (C=O) groups is 3. The van der Waals surface area contributed by atoms with E-state index in [1.165, 1.54) is 32.2 Å². The van der Waals surface area contributed by atoms with Crippen LogP contribution in [0.1, 0.15) is 19.4 Å². The molecule has 0 aromatic heterocycles. The van der Waals surface area contributed by atoms with E-state index in [1.54, 1.807) is 6.92 Å². The fourth-order valence-corrected chi connectivity index (χ4v) is 3.30. The summed E-state index contributed by atoms with van der Waals surface area (Å²) < 4.78 is 9.85. The van der Waals surface area contributed by atoms with Crippen LogP contribution in [0.15, 0.2) is 17.0 Å². The van der Waals surface area contributed by atoms with E-state index >= 15 is 0 Å². The average molecular weight is 386 g/mol. The maximum atomic E-state index is 12.5. The Kier molecular flexibility index (Phi) is 5.97. The summed E-state index contributed by atoms with van der Waals surface area (Å²) in [5.41, 5.74) is 0.221. The number of thioether (sulfide) groups is 1. The van der Waals surface area contributed by atoms with Crippen molar-refractivity contribution >= 4 is 46.6 Å². The van der Waals surface area contributed by atoms with Crippen LogP contribution in [0.3, 0.4) is 0 Å². The minimum absolute atomic E-state index is 0.0563. The Morgan fingerprint density at radius 3 is 2.72 bits per heavy atom. The number of hydrogen-bond acceptors (Lipinski definition) is 7. The molecule has 0 saturated carbocycles. The number of amides is 2. The number of methoxy groups -OCH3 is 1. The number of imide groups is 1. The number of nitrogens with zero attached hydrogens (tertiary/aromatic N) is 1. The summed E-state index contributed by atoms with van der Waals surface area (Å²) in [6, 6.07) is 1.81. The smallest absolute Gasteiger partial charge is 0.329 e. The number of phenolic OH excluding ortho intramolecular Hbond substituents is 1. The molecule has 1 aromatic rings. The van der Waals surface area contributed by atoms with Crippen molar-refractivity contribution in [2.24, 2.45) is 0 Å². The van der Waals surface area contributed by atoms with Crippen LogP contribution in [0.2, 0.25) is 5.02 Å². The van der Waals surface area contributed by atoms with E-state index in [4.69, 9.17) is 21.1 Å². The molecule has 25 heavy (non-hydrogen) atoms. The standard InChI is InChI=1S/C16H16ClNO6S/c1-4-24-15(21)8(2)18-14(20)12(25-16(18)22)6-9-5-10(17)7-11(23-3)13(9)19/h5-8,19H,4H2,1-3H3/b12-6+. The fraction of sp³-hybridized carbons (Fsp3) is 0.312. The topological polar surface area (TPSA) is 93.1 Å². The van der Waals surface area contributed by atoms with E-state index in [2.05, 4.69) is 0 Å². The zero-order valence-corrected chi connectivity index (χ0v) is 15.3. The first-order valence-electron chi connectivity index (χ1n) is 7.30. The molecular weight excluding hydrogens is 370 g/mol. The van der Waals surface area contributed by atoms with Gasteiger partial charge in [-0.3, -0.25) is 14.5 Å². The van der Waals surface area contributed by atoms with Gasteiger partial charge in [0.15, 0.2) is 11.5 Å². The lowest BCUT2D eigenvalue weighted by Crippen LogP contribution is -2.42. The lowest BCUT2D eigenvalue weighted by Gasteiger charge is -2.19. The van der Waals surface area contributed by atoms with Crippen LogP contribution in [0.5, 0.6) is 11.5 Å². The number of rotatable bonds is 5. The predicted octanol–water partition coefficient (Wildman–Crippen LogP) is 3.04. The highest BCUT2D eigenvalue weighted by Crippen LogP contribution is 2.39. The third kappa shape index (κ3) is 3.91. The molecule has 1 aromatic carbocycles. The van der Waals surface area contributed by atoms with Crippen LogP contribution >= 0.6 is 23.4 Å². The second-order valence-corrected chi connectivity index (χ2v) is 6.46. The third-order valence-corrected chi connectivity index (χ3v) is 4.52. The Morgan fingerprint density at radius 2 is 2.12 bits per heavy atom. The summed E-state index contributed by atoms with van der Waals surface area (Å²) in [5.74, 6) is -1.39. The quantitative estimate of drug-likeness (QED) is 0.615. The number of hydrogen-bond donors (Lipinski definition) is 1. The molecule has 0 aliphatic carbocycles. The molecule has 0 radical (unpaired) electrons. The van der Waals surface area contributed by atoms with Crippen molar-refractivity contribution in [3.63, 3.8) is 0 Å². The number of phenols is 1. The van der Waals surface area contributed by atoms with Crippen molar-refractivity contribution in [3.8, 4) is 11.5 Å². The number of ether oxygens (including phenoxy) is 2. The normalized spacial score (nSPS) is 17.1. The summed E-state index contributed by atoms with van der Waals surface area (Å²) in [6.45, 7) is 3.19. The first-order valence-corrected chi connectivity index (χ1v) is 8.49. The van der Waals surface area contributed by atoms with Crippen LogP contribution in [0.4, 0.5) is 4.79 Å². The molecule has 7 nitrogen and oxygen atoms in total. The predicted molar refractivity (Wildman–Crippen MR) is 93.6 cm³/mol. The Balaban J connectivity index is 2.35. The summed E-state index contributed by atoms with van der Waals surface area (Å²) in [7, 11) is 1.37. The monoisotopic (exact) mass is 385 g/mol. The lowest BCUT2D eigenvalue weighted by molar-refractivity contribution is -0.150. The van der Waals surface area contributed by atoms with Gasteiger partial charge in [0.05, 0.1) is 18.6 Å². The van der Waals surface area contributed by atoms with Gasteiger partial charge in [-0.05, 0) is 37.8 Å². The van der Waals surface area contributed by atoms with Crippen LogP contribution in [-0.4, -0.2) is 46.9 Å². The summed E-state index contributed by atoms with van der Waals surface area (Å²) >= 11 is 6.62. The van der Waals surface area contributed by atoms with E-state index in [-0.39, 0.29) is 28.6 Å². The molecule has 1 unspecified atom stereocenters. The van der Waals surface area contributed by atoms with Crippen molar-refractivity contribution < 1.29 is 29.0 Å². The lowest BCUT2D eigenvalue weighted by atomic mass is 10.1. The SMILES string of the molecule is CCOC(=O)C(C)N1C(=O)S/C(=C/c2cc(Cl)cc(OC)c2O)C1=O. The number of benzene rings is 1. The van der Waals surface area contributed by atoms with Crippen LogP contribution in [0.25, 0.3) is 6.08 Å². The second kappa shape index (κ2) is 7.79. The van der Waals surface area contributed by atoms with Gasteiger partial charge in [0, 0.05) is 16.7 Å². The molecule has 1 atom stereocenters. The maximum Gasteiger partial charge on any atom is 0.329 e. The summed E-state index contributed by atoms with van der Waals surface area (Å²) in [5, 5.41) is 9.84. The molecule has 9 heteroatoms. The van der Waals surface area contributed by atoms with Crippen molar-refractivity contribution in [2.75, 3.05) is 13.7 Å². The van der Waals surface area contributed by atoms with E-state index in [1.807, 2.05) is 0 Å². The fourth-order valence-electron chi connectivity index (χ4n) is 2.18. The minimum atomic E-state index is -1.04. The van der Waals surface area contributed by atoms with E-state index in [0.717, 1.165) is 4.90 Å². The van der Waals surface area contributed by atoms with Gasteiger partial charge in [0.2, 0.25) is 0 Å². The van der Waals surface area contributed by atoms with Gasteiger partial charge in [-0.2, -0.15) is 0 Å². The summed E-state index contributed by atoms with van der Waals surface area (Å²) in [4.78, 5) is 37.3. The molecule has 1 aliphatic heterocycles. The zero-order valence-electron chi connectivity index (χ0n) is 13.7. The van der Waals surface area contributed by atoms with Crippen molar-refractivity contribution in [1.29, 1.82) is 0 Å². The zero-order chi connectivity index (χ0) is 18.7. The van der Waals surface area contributed by atoms with Crippen molar-refractivity contribution in [3.05, 3.63) is 27.6 Å².